The molecule has 4 heteroatoms. The highest BCUT2D eigenvalue weighted by Gasteiger charge is 2.09. The number of hydrogen-bond acceptors (Lipinski definition) is 3. The summed E-state index contributed by atoms with van der Waals surface area (Å²) in [7, 11) is 0. The molecule has 4 aromatic rings. The molecule has 0 amide bonds. The lowest BCUT2D eigenvalue weighted by molar-refractivity contribution is 1.29. The lowest BCUT2D eigenvalue weighted by Gasteiger charge is -2.11. The monoisotopic (exact) mass is 305 g/mol. The van der Waals surface area contributed by atoms with Gasteiger partial charge in [0.2, 0.25) is 0 Å². The van der Waals surface area contributed by atoms with Crippen molar-refractivity contribution in [3.05, 3.63) is 71.9 Å². The van der Waals surface area contributed by atoms with Crippen LogP contribution in [0.2, 0.25) is 5.02 Å². The molecule has 0 spiro atoms. The van der Waals surface area contributed by atoms with Gasteiger partial charge in [-0.15, -0.1) is 0 Å². The van der Waals surface area contributed by atoms with Crippen molar-refractivity contribution in [3.8, 4) is 0 Å². The zero-order valence-corrected chi connectivity index (χ0v) is 12.4. The first kappa shape index (κ1) is 13.0. The zero-order chi connectivity index (χ0) is 14.9. The van der Waals surface area contributed by atoms with Gasteiger partial charge in [-0.1, -0.05) is 54.1 Å². The van der Waals surface area contributed by atoms with Crippen LogP contribution in [-0.4, -0.2) is 9.97 Å². The van der Waals surface area contributed by atoms with E-state index in [0.29, 0.717) is 10.7 Å². The number of halogens is 1. The molecule has 2 aromatic carbocycles. The number of nitrogens with zero attached hydrogens (tertiary/aromatic N) is 2. The van der Waals surface area contributed by atoms with E-state index in [1.54, 1.807) is 6.20 Å². The van der Waals surface area contributed by atoms with Gasteiger partial charge in [0.1, 0.15) is 5.82 Å². The quantitative estimate of drug-likeness (QED) is 0.518. The Hall–Kier alpha value is -2.65. The summed E-state index contributed by atoms with van der Waals surface area (Å²) in [6.45, 7) is 0. The number of rotatable bonds is 2. The Labute approximate surface area is 132 Å². The van der Waals surface area contributed by atoms with Crippen LogP contribution >= 0.6 is 11.6 Å². The van der Waals surface area contributed by atoms with Gasteiger partial charge in [-0.2, -0.15) is 0 Å². The number of nitrogens with one attached hydrogen (secondary N) is 1. The number of anilines is 2. The lowest BCUT2D eigenvalue weighted by atomic mass is 10.1. The molecule has 0 aliphatic rings. The van der Waals surface area contributed by atoms with Gasteiger partial charge in [0.25, 0.3) is 0 Å². The van der Waals surface area contributed by atoms with Gasteiger partial charge in [-0.25, -0.2) is 9.97 Å². The number of pyridine rings is 2. The van der Waals surface area contributed by atoms with Crippen LogP contribution in [0.3, 0.4) is 0 Å². The van der Waals surface area contributed by atoms with Gasteiger partial charge < -0.3 is 5.32 Å². The van der Waals surface area contributed by atoms with Crippen LogP contribution in [0.5, 0.6) is 0 Å². The summed E-state index contributed by atoms with van der Waals surface area (Å²) in [4.78, 5) is 9.01. The van der Waals surface area contributed by atoms with Crippen molar-refractivity contribution in [1.82, 2.24) is 9.97 Å². The van der Waals surface area contributed by atoms with Gasteiger partial charge in [0.15, 0.2) is 5.65 Å². The number of benzene rings is 2. The first-order valence-corrected chi connectivity index (χ1v) is 7.35. The minimum Gasteiger partial charge on any atom is -0.340 e. The van der Waals surface area contributed by atoms with Gasteiger partial charge in [-0.3, -0.25) is 0 Å². The summed E-state index contributed by atoms with van der Waals surface area (Å²) in [5, 5.41) is 7.07. The molecule has 0 saturated carbocycles. The Balaban J connectivity index is 1.99. The van der Waals surface area contributed by atoms with E-state index in [4.69, 9.17) is 11.6 Å². The fraction of sp³-hybridized carbons (Fsp3) is 0. The van der Waals surface area contributed by atoms with Gasteiger partial charge >= 0.3 is 0 Å². The van der Waals surface area contributed by atoms with Crippen LogP contribution in [0.15, 0.2) is 66.9 Å². The van der Waals surface area contributed by atoms with Gasteiger partial charge in [0.05, 0.1) is 5.02 Å². The SMILES string of the molecule is Clc1cnc2nc(Nc3ccccc3)c3ccccc3c2c1. The van der Waals surface area contributed by atoms with Crippen molar-refractivity contribution in [3.63, 3.8) is 0 Å². The molecule has 0 bridgehead atoms. The topological polar surface area (TPSA) is 37.8 Å². The summed E-state index contributed by atoms with van der Waals surface area (Å²) in [6, 6.07) is 20.0. The molecule has 0 unspecified atom stereocenters. The van der Waals surface area contributed by atoms with E-state index in [2.05, 4.69) is 21.4 Å². The second kappa shape index (κ2) is 5.28. The summed E-state index contributed by atoms with van der Waals surface area (Å²) in [5.74, 6) is 0.795. The van der Waals surface area contributed by atoms with Crippen LogP contribution in [-0.2, 0) is 0 Å². The maximum absolute atomic E-state index is 6.08. The fourth-order valence-electron chi connectivity index (χ4n) is 2.56. The average molecular weight is 306 g/mol. The Morgan fingerprint density at radius 1 is 0.818 bits per heavy atom. The minimum atomic E-state index is 0.614. The molecular formula is C18H12ClN3. The molecule has 22 heavy (non-hydrogen) atoms. The molecule has 2 heterocycles. The highest BCUT2D eigenvalue weighted by Crippen LogP contribution is 2.31. The van der Waals surface area contributed by atoms with Gasteiger partial charge in [0, 0.05) is 22.7 Å². The third-order valence-electron chi connectivity index (χ3n) is 3.56. The molecule has 0 atom stereocenters. The van der Waals surface area contributed by atoms with Crippen LogP contribution in [0.1, 0.15) is 0 Å². The van der Waals surface area contributed by atoms with Crippen molar-refractivity contribution in [2.45, 2.75) is 0 Å². The van der Waals surface area contributed by atoms with E-state index in [1.807, 2.05) is 54.6 Å². The number of fused-ring (bicyclic) bond motifs is 3. The van der Waals surface area contributed by atoms with Crippen LogP contribution in [0.4, 0.5) is 11.5 Å². The molecule has 4 rings (SSSR count). The third-order valence-corrected chi connectivity index (χ3v) is 3.77. The van der Waals surface area contributed by atoms with E-state index in [9.17, 15) is 0 Å². The number of para-hydroxylation sites is 1. The highest BCUT2D eigenvalue weighted by atomic mass is 35.5. The molecule has 1 N–H and O–H groups in total. The maximum atomic E-state index is 6.08. The smallest absolute Gasteiger partial charge is 0.162 e. The molecule has 106 valence electrons. The predicted molar refractivity (Wildman–Crippen MR) is 91.8 cm³/mol. The van der Waals surface area contributed by atoms with Crippen molar-refractivity contribution in [2.24, 2.45) is 0 Å². The zero-order valence-electron chi connectivity index (χ0n) is 11.6. The molecule has 0 radical (unpaired) electrons. The van der Waals surface area contributed by atoms with Crippen molar-refractivity contribution in [2.75, 3.05) is 5.32 Å². The highest BCUT2D eigenvalue weighted by molar-refractivity contribution is 6.31. The number of hydrogen-bond donors (Lipinski definition) is 1. The first-order valence-electron chi connectivity index (χ1n) is 6.97. The lowest BCUT2D eigenvalue weighted by Crippen LogP contribution is -1.97. The van der Waals surface area contributed by atoms with Gasteiger partial charge in [-0.05, 0) is 23.6 Å². The Kier molecular flexibility index (Phi) is 3.13. The predicted octanol–water partition coefficient (Wildman–Crippen LogP) is 5.18. The van der Waals surface area contributed by atoms with Crippen molar-refractivity contribution < 1.29 is 0 Å². The Bertz CT molecular complexity index is 968. The number of aromatic nitrogens is 2. The normalized spacial score (nSPS) is 11.0. The fourth-order valence-corrected chi connectivity index (χ4v) is 2.72. The van der Waals surface area contributed by atoms with Crippen LogP contribution < -0.4 is 5.32 Å². The molecule has 0 aliphatic heterocycles. The largest absolute Gasteiger partial charge is 0.340 e. The second-order valence-corrected chi connectivity index (χ2v) is 5.46. The molecule has 0 aliphatic carbocycles. The molecular weight excluding hydrogens is 294 g/mol. The third kappa shape index (κ3) is 2.26. The molecule has 0 saturated heterocycles. The summed E-state index contributed by atoms with van der Waals surface area (Å²) in [5.41, 5.74) is 1.68. The Morgan fingerprint density at radius 2 is 1.55 bits per heavy atom. The minimum absolute atomic E-state index is 0.614. The van der Waals surface area contributed by atoms with E-state index < -0.39 is 0 Å². The summed E-state index contributed by atoms with van der Waals surface area (Å²) in [6.07, 6.45) is 1.62. The molecule has 0 fully saturated rings. The van der Waals surface area contributed by atoms with E-state index >= 15 is 0 Å². The van der Waals surface area contributed by atoms with E-state index in [-0.39, 0.29) is 0 Å². The van der Waals surface area contributed by atoms with Crippen molar-refractivity contribution in [1.29, 1.82) is 0 Å². The van der Waals surface area contributed by atoms with E-state index in [0.717, 1.165) is 27.7 Å². The molecule has 3 nitrogen and oxygen atoms in total. The van der Waals surface area contributed by atoms with E-state index in [1.165, 1.54) is 0 Å². The van der Waals surface area contributed by atoms with Crippen LogP contribution in [0.25, 0.3) is 21.8 Å². The standard InChI is InChI=1S/C18H12ClN3/c19-12-10-16-14-8-4-5-9-15(14)18(22-17(16)20-11-12)21-13-6-2-1-3-7-13/h1-11H,(H,20,21,22). The Morgan fingerprint density at radius 3 is 2.36 bits per heavy atom. The van der Waals surface area contributed by atoms with Crippen molar-refractivity contribution >= 4 is 44.9 Å². The van der Waals surface area contributed by atoms with Crippen LogP contribution in [0, 0.1) is 0 Å². The summed E-state index contributed by atoms with van der Waals surface area (Å²) < 4.78 is 0. The molecule has 2 aromatic heterocycles. The maximum Gasteiger partial charge on any atom is 0.162 e. The first-order chi connectivity index (χ1) is 10.8. The average Bonchev–Trinajstić information content (AvgIpc) is 2.57. The second-order valence-electron chi connectivity index (χ2n) is 5.02. The summed E-state index contributed by atoms with van der Waals surface area (Å²) >= 11 is 6.08.